The second-order valence-electron chi connectivity index (χ2n) is 5.17. The second-order valence-corrected chi connectivity index (χ2v) is 5.57. The molecule has 22 heavy (non-hydrogen) atoms. The number of amides is 1. The third kappa shape index (κ3) is 4.63. The number of guanidine groups is 1. The highest BCUT2D eigenvalue weighted by Crippen LogP contribution is 2.14. The van der Waals surface area contributed by atoms with Crippen LogP contribution in [0, 0.1) is 0 Å². The summed E-state index contributed by atoms with van der Waals surface area (Å²) in [5.41, 5.74) is 0.500. The molecule has 1 aromatic carbocycles. The second kappa shape index (κ2) is 8.63. The lowest BCUT2D eigenvalue weighted by molar-refractivity contribution is 0.0955. The predicted molar refractivity (Wildman–Crippen MR) is 90.6 cm³/mol. The molecular formula is C16H23ClN4O. The highest BCUT2D eigenvalue weighted by Gasteiger charge is 2.15. The fraction of sp³-hybridized carbons (Fsp3) is 0.500. The van der Waals surface area contributed by atoms with Crippen molar-refractivity contribution in [2.75, 3.05) is 32.7 Å². The Kier molecular flexibility index (Phi) is 6.52. The summed E-state index contributed by atoms with van der Waals surface area (Å²) < 4.78 is 0. The van der Waals surface area contributed by atoms with Gasteiger partial charge in [0.1, 0.15) is 0 Å². The maximum absolute atomic E-state index is 12.0. The summed E-state index contributed by atoms with van der Waals surface area (Å²) in [6, 6.07) is 7.04. The van der Waals surface area contributed by atoms with Crippen LogP contribution >= 0.6 is 11.6 Å². The Morgan fingerprint density at radius 1 is 1.27 bits per heavy atom. The number of hydrogen-bond donors (Lipinski definition) is 2. The van der Waals surface area contributed by atoms with Gasteiger partial charge in [0.25, 0.3) is 5.91 Å². The van der Waals surface area contributed by atoms with E-state index in [1.54, 1.807) is 18.2 Å². The van der Waals surface area contributed by atoms with Gasteiger partial charge < -0.3 is 15.5 Å². The molecule has 2 rings (SSSR count). The van der Waals surface area contributed by atoms with Crippen molar-refractivity contribution in [2.45, 2.75) is 19.8 Å². The molecule has 1 aromatic rings. The van der Waals surface area contributed by atoms with Gasteiger partial charge in [-0.05, 0) is 31.9 Å². The summed E-state index contributed by atoms with van der Waals surface area (Å²) in [7, 11) is 0. The van der Waals surface area contributed by atoms with Crippen LogP contribution in [0.2, 0.25) is 5.02 Å². The Morgan fingerprint density at radius 2 is 2.00 bits per heavy atom. The highest BCUT2D eigenvalue weighted by atomic mass is 35.5. The zero-order valence-corrected chi connectivity index (χ0v) is 13.7. The summed E-state index contributed by atoms with van der Waals surface area (Å²) in [5.74, 6) is 0.777. The summed E-state index contributed by atoms with van der Waals surface area (Å²) in [6.07, 6.45) is 2.43. The number of halogens is 1. The smallest absolute Gasteiger partial charge is 0.252 e. The minimum atomic E-state index is -0.160. The SMILES string of the molecule is CCNC(=NCCNC(=O)c1ccccc1Cl)N1CCCC1. The van der Waals surface area contributed by atoms with E-state index < -0.39 is 0 Å². The topological polar surface area (TPSA) is 56.7 Å². The van der Waals surface area contributed by atoms with E-state index in [-0.39, 0.29) is 5.91 Å². The summed E-state index contributed by atoms with van der Waals surface area (Å²) in [4.78, 5) is 18.9. The Hall–Kier alpha value is -1.75. The quantitative estimate of drug-likeness (QED) is 0.496. The minimum absolute atomic E-state index is 0.160. The van der Waals surface area contributed by atoms with E-state index in [0.29, 0.717) is 23.7 Å². The first-order valence-electron chi connectivity index (χ1n) is 7.78. The molecule has 5 nitrogen and oxygen atoms in total. The van der Waals surface area contributed by atoms with Gasteiger partial charge in [-0.25, -0.2) is 0 Å². The number of rotatable bonds is 5. The number of aliphatic imine (C=N–C) groups is 1. The number of benzene rings is 1. The number of carbonyl (C=O) groups excluding carboxylic acids is 1. The van der Waals surface area contributed by atoms with E-state index >= 15 is 0 Å². The van der Waals surface area contributed by atoms with Gasteiger partial charge in [0, 0.05) is 26.2 Å². The fourth-order valence-corrected chi connectivity index (χ4v) is 2.65. The van der Waals surface area contributed by atoms with E-state index in [4.69, 9.17) is 11.6 Å². The van der Waals surface area contributed by atoms with Crippen molar-refractivity contribution in [3.63, 3.8) is 0 Å². The lowest BCUT2D eigenvalue weighted by Crippen LogP contribution is -2.40. The maximum Gasteiger partial charge on any atom is 0.252 e. The number of hydrogen-bond acceptors (Lipinski definition) is 2. The molecule has 0 atom stereocenters. The molecule has 6 heteroatoms. The maximum atomic E-state index is 12.0. The van der Waals surface area contributed by atoms with Gasteiger partial charge >= 0.3 is 0 Å². The Morgan fingerprint density at radius 3 is 2.68 bits per heavy atom. The predicted octanol–water partition coefficient (Wildman–Crippen LogP) is 2.13. The molecule has 0 bridgehead atoms. The van der Waals surface area contributed by atoms with Crippen molar-refractivity contribution in [3.05, 3.63) is 34.9 Å². The molecule has 1 aliphatic rings. The van der Waals surface area contributed by atoms with Crippen LogP contribution in [0.4, 0.5) is 0 Å². The van der Waals surface area contributed by atoms with Gasteiger partial charge in [0.05, 0.1) is 17.1 Å². The van der Waals surface area contributed by atoms with Crippen LogP contribution in [0.3, 0.4) is 0 Å². The van der Waals surface area contributed by atoms with E-state index in [2.05, 4.69) is 27.4 Å². The summed E-state index contributed by atoms with van der Waals surface area (Å²) in [5, 5.41) is 6.61. The van der Waals surface area contributed by atoms with Gasteiger partial charge in [0.2, 0.25) is 0 Å². The fourth-order valence-electron chi connectivity index (χ4n) is 2.43. The monoisotopic (exact) mass is 322 g/mol. The van der Waals surface area contributed by atoms with Gasteiger partial charge in [-0.15, -0.1) is 0 Å². The molecular weight excluding hydrogens is 300 g/mol. The van der Waals surface area contributed by atoms with Crippen LogP contribution in [0.1, 0.15) is 30.1 Å². The first-order valence-corrected chi connectivity index (χ1v) is 8.16. The van der Waals surface area contributed by atoms with Crippen molar-refractivity contribution in [2.24, 2.45) is 4.99 Å². The number of nitrogens with zero attached hydrogens (tertiary/aromatic N) is 2. The Balaban J connectivity index is 1.82. The number of nitrogens with one attached hydrogen (secondary N) is 2. The van der Waals surface area contributed by atoms with Crippen LogP contribution < -0.4 is 10.6 Å². The molecule has 0 unspecified atom stereocenters. The highest BCUT2D eigenvalue weighted by molar-refractivity contribution is 6.33. The molecule has 0 spiro atoms. The molecule has 0 aromatic heterocycles. The first-order chi connectivity index (χ1) is 10.7. The van der Waals surface area contributed by atoms with E-state index in [9.17, 15) is 4.79 Å². The average Bonchev–Trinajstić information content (AvgIpc) is 3.05. The number of likely N-dealkylation sites (tertiary alicyclic amines) is 1. The van der Waals surface area contributed by atoms with Crippen molar-refractivity contribution in [1.82, 2.24) is 15.5 Å². The van der Waals surface area contributed by atoms with E-state index in [1.165, 1.54) is 12.8 Å². The van der Waals surface area contributed by atoms with Gasteiger partial charge in [0.15, 0.2) is 5.96 Å². The van der Waals surface area contributed by atoms with Gasteiger partial charge in [-0.3, -0.25) is 9.79 Å². The number of carbonyl (C=O) groups is 1. The minimum Gasteiger partial charge on any atom is -0.357 e. The van der Waals surface area contributed by atoms with Crippen LogP contribution in [0.5, 0.6) is 0 Å². The lowest BCUT2D eigenvalue weighted by Gasteiger charge is -2.20. The normalized spacial score (nSPS) is 15.0. The largest absolute Gasteiger partial charge is 0.357 e. The third-order valence-electron chi connectivity index (χ3n) is 3.52. The van der Waals surface area contributed by atoms with Crippen LogP contribution in [-0.4, -0.2) is 49.5 Å². The molecule has 0 saturated carbocycles. The molecule has 0 aliphatic carbocycles. The molecule has 120 valence electrons. The Bertz CT molecular complexity index is 527. The van der Waals surface area contributed by atoms with Crippen LogP contribution in [0.25, 0.3) is 0 Å². The van der Waals surface area contributed by atoms with E-state index in [0.717, 1.165) is 25.6 Å². The van der Waals surface area contributed by atoms with Crippen LogP contribution in [0.15, 0.2) is 29.3 Å². The molecule has 1 amide bonds. The summed E-state index contributed by atoms with van der Waals surface area (Å²) >= 11 is 6.00. The molecule has 1 fully saturated rings. The van der Waals surface area contributed by atoms with Crippen molar-refractivity contribution in [3.8, 4) is 0 Å². The van der Waals surface area contributed by atoms with Gasteiger partial charge in [-0.2, -0.15) is 0 Å². The first kappa shape index (κ1) is 16.6. The molecule has 1 saturated heterocycles. The van der Waals surface area contributed by atoms with Crippen molar-refractivity contribution >= 4 is 23.5 Å². The molecule has 0 radical (unpaired) electrons. The lowest BCUT2D eigenvalue weighted by atomic mass is 10.2. The Labute approximate surface area is 136 Å². The zero-order chi connectivity index (χ0) is 15.8. The molecule has 1 heterocycles. The molecule has 1 aliphatic heterocycles. The standard InChI is InChI=1S/C16H23ClN4O/c1-2-18-16(21-11-5-6-12-21)20-10-9-19-15(22)13-7-3-4-8-14(13)17/h3-4,7-8H,2,5-6,9-12H2,1H3,(H,18,20)(H,19,22). The zero-order valence-electron chi connectivity index (χ0n) is 12.9. The van der Waals surface area contributed by atoms with Crippen molar-refractivity contribution in [1.29, 1.82) is 0 Å². The third-order valence-corrected chi connectivity index (χ3v) is 3.85. The average molecular weight is 323 g/mol. The van der Waals surface area contributed by atoms with Crippen LogP contribution in [-0.2, 0) is 0 Å². The summed E-state index contributed by atoms with van der Waals surface area (Å²) in [6.45, 7) is 6.06. The van der Waals surface area contributed by atoms with Crippen molar-refractivity contribution < 1.29 is 4.79 Å². The van der Waals surface area contributed by atoms with E-state index in [1.807, 2.05) is 6.07 Å². The molecule has 2 N–H and O–H groups in total. The van der Waals surface area contributed by atoms with Gasteiger partial charge in [-0.1, -0.05) is 23.7 Å².